The summed E-state index contributed by atoms with van der Waals surface area (Å²) in [5.74, 6) is -0.541. The minimum atomic E-state index is -4.29. The van der Waals surface area contributed by atoms with Crippen LogP contribution in [-0.4, -0.2) is 52.6 Å². The molecule has 0 radical (unpaired) electrons. The van der Waals surface area contributed by atoms with Crippen molar-refractivity contribution in [3.63, 3.8) is 0 Å². The van der Waals surface area contributed by atoms with Crippen LogP contribution in [0.3, 0.4) is 0 Å². The summed E-state index contributed by atoms with van der Waals surface area (Å²) < 4.78 is 63.5. The zero-order valence-electron chi connectivity index (χ0n) is 16.0. The van der Waals surface area contributed by atoms with Crippen LogP contribution >= 0.6 is 0 Å². The van der Waals surface area contributed by atoms with E-state index in [2.05, 4.69) is 5.32 Å². The molecule has 0 bridgehead atoms. The molecule has 1 N–H and O–H groups in total. The van der Waals surface area contributed by atoms with E-state index in [9.17, 15) is 26.4 Å². The molecule has 0 atom stereocenters. The molecule has 0 spiro atoms. The van der Waals surface area contributed by atoms with Crippen molar-refractivity contribution in [3.8, 4) is 0 Å². The third kappa shape index (κ3) is 6.75. The van der Waals surface area contributed by atoms with Gasteiger partial charge >= 0.3 is 6.18 Å². The Labute approximate surface area is 168 Å². The molecule has 0 aliphatic rings. The lowest BCUT2D eigenvalue weighted by Crippen LogP contribution is -2.32. The van der Waals surface area contributed by atoms with Gasteiger partial charge < -0.3 is 5.32 Å². The van der Waals surface area contributed by atoms with Crippen molar-refractivity contribution in [2.45, 2.75) is 17.5 Å². The number of carbonyl (C=O) groups is 1. The van der Waals surface area contributed by atoms with Gasteiger partial charge in [0, 0.05) is 19.3 Å². The van der Waals surface area contributed by atoms with Gasteiger partial charge in [0.1, 0.15) is 0 Å². The monoisotopic (exact) mass is 429 g/mol. The molecule has 0 aromatic heterocycles. The second-order valence-corrected chi connectivity index (χ2v) is 8.46. The molecule has 0 aliphatic heterocycles. The maximum Gasteiger partial charge on any atom is 0.390 e. The molecular formula is C19H22F3N3O3S. The van der Waals surface area contributed by atoms with Crippen LogP contribution in [0, 0.1) is 0 Å². The highest BCUT2D eigenvalue weighted by atomic mass is 32.2. The molecule has 2 aromatic carbocycles. The predicted molar refractivity (Wildman–Crippen MR) is 105 cm³/mol. The Morgan fingerprint density at radius 2 is 1.69 bits per heavy atom. The van der Waals surface area contributed by atoms with Crippen molar-refractivity contribution in [1.29, 1.82) is 0 Å². The first kappa shape index (κ1) is 22.7. The number of amides is 1. The number of nitrogens with zero attached hydrogens (tertiary/aromatic N) is 2. The average molecular weight is 429 g/mol. The van der Waals surface area contributed by atoms with Crippen LogP contribution in [0.4, 0.5) is 24.5 Å². The highest BCUT2D eigenvalue weighted by Crippen LogP contribution is 2.24. The number of likely N-dealkylation sites (N-methyl/N-ethyl adjacent to an activating group) is 1. The summed E-state index contributed by atoms with van der Waals surface area (Å²) in [6.07, 6.45) is -5.31. The van der Waals surface area contributed by atoms with Crippen LogP contribution in [0.25, 0.3) is 0 Å². The molecule has 158 valence electrons. The van der Waals surface area contributed by atoms with E-state index in [-0.39, 0.29) is 23.7 Å². The molecule has 2 rings (SSSR count). The molecule has 0 fully saturated rings. The third-order valence-electron chi connectivity index (χ3n) is 4.09. The smallest absolute Gasteiger partial charge is 0.325 e. The lowest BCUT2D eigenvalue weighted by Gasteiger charge is -2.20. The average Bonchev–Trinajstić information content (AvgIpc) is 2.66. The number of rotatable bonds is 8. The van der Waals surface area contributed by atoms with Crippen LogP contribution in [0.5, 0.6) is 0 Å². The highest BCUT2D eigenvalue weighted by molar-refractivity contribution is 7.92. The first-order chi connectivity index (χ1) is 13.5. The second-order valence-electron chi connectivity index (χ2n) is 6.49. The van der Waals surface area contributed by atoms with Gasteiger partial charge in [-0.1, -0.05) is 24.3 Å². The Hall–Kier alpha value is -2.59. The predicted octanol–water partition coefficient (Wildman–Crippen LogP) is 3.33. The van der Waals surface area contributed by atoms with Crippen molar-refractivity contribution in [2.24, 2.45) is 0 Å². The number of hydrogen-bond donors (Lipinski definition) is 1. The van der Waals surface area contributed by atoms with Crippen LogP contribution in [0.1, 0.15) is 6.42 Å². The number of nitrogens with one attached hydrogen (secondary N) is 1. The molecule has 0 saturated carbocycles. The lowest BCUT2D eigenvalue weighted by molar-refractivity contribution is -0.138. The summed E-state index contributed by atoms with van der Waals surface area (Å²) in [6, 6.07) is 14.2. The van der Waals surface area contributed by atoms with Crippen LogP contribution in [-0.2, 0) is 14.8 Å². The maximum absolute atomic E-state index is 12.8. The number of carbonyl (C=O) groups excluding carboxylic acids is 1. The van der Waals surface area contributed by atoms with Crippen molar-refractivity contribution in [2.75, 3.05) is 36.8 Å². The number of halogens is 3. The second kappa shape index (κ2) is 9.27. The fourth-order valence-electron chi connectivity index (χ4n) is 2.51. The van der Waals surface area contributed by atoms with Crippen molar-refractivity contribution < 1.29 is 26.4 Å². The third-order valence-corrected chi connectivity index (χ3v) is 5.87. The summed E-state index contributed by atoms with van der Waals surface area (Å²) in [5, 5.41) is 2.52. The van der Waals surface area contributed by atoms with Crippen molar-refractivity contribution in [3.05, 3.63) is 54.6 Å². The Morgan fingerprint density at radius 1 is 1.03 bits per heavy atom. The largest absolute Gasteiger partial charge is 0.390 e. The standard InChI is InChI=1S/C19H22F3N3O3S/c1-24(12-11-19(20,21)22)14-18(26)23-15-7-6-10-17(13-15)29(27,28)25(2)16-8-4-3-5-9-16/h3-10,13H,11-12,14H2,1-2H3,(H,23,26). The van der Waals surface area contributed by atoms with E-state index >= 15 is 0 Å². The first-order valence-electron chi connectivity index (χ1n) is 8.68. The summed E-state index contributed by atoms with van der Waals surface area (Å²) in [5.41, 5.74) is 0.718. The maximum atomic E-state index is 12.8. The van der Waals surface area contributed by atoms with Crippen LogP contribution in [0.15, 0.2) is 59.5 Å². The highest BCUT2D eigenvalue weighted by Gasteiger charge is 2.27. The van der Waals surface area contributed by atoms with Gasteiger partial charge in [-0.25, -0.2) is 8.42 Å². The van der Waals surface area contributed by atoms with Gasteiger partial charge in [0.2, 0.25) is 5.91 Å². The van der Waals surface area contributed by atoms with Crippen molar-refractivity contribution in [1.82, 2.24) is 4.90 Å². The number of alkyl halides is 3. The minimum absolute atomic E-state index is 0.0212. The molecule has 29 heavy (non-hydrogen) atoms. The molecule has 0 heterocycles. The van der Waals surface area contributed by atoms with Crippen LogP contribution < -0.4 is 9.62 Å². The number of para-hydroxylation sites is 1. The molecule has 1 amide bonds. The van der Waals surface area contributed by atoms with Gasteiger partial charge in [-0.3, -0.25) is 14.0 Å². The van der Waals surface area contributed by atoms with Crippen molar-refractivity contribution >= 4 is 27.3 Å². The van der Waals surface area contributed by atoms with Crippen LogP contribution in [0.2, 0.25) is 0 Å². The molecular weight excluding hydrogens is 407 g/mol. The zero-order valence-corrected chi connectivity index (χ0v) is 16.8. The van der Waals surface area contributed by atoms with E-state index in [0.717, 1.165) is 4.31 Å². The molecule has 0 aliphatic carbocycles. The number of sulfonamides is 1. The molecule has 10 heteroatoms. The Bertz CT molecular complexity index is 934. The van der Waals surface area contributed by atoms with E-state index < -0.39 is 28.5 Å². The van der Waals surface area contributed by atoms with Gasteiger partial charge in [-0.2, -0.15) is 13.2 Å². The molecule has 2 aromatic rings. The van der Waals surface area contributed by atoms with Gasteiger partial charge in [0.05, 0.1) is 23.5 Å². The zero-order chi connectivity index (χ0) is 21.7. The van der Waals surface area contributed by atoms with Gasteiger partial charge in [0.25, 0.3) is 10.0 Å². The topological polar surface area (TPSA) is 69.7 Å². The Morgan fingerprint density at radius 3 is 2.31 bits per heavy atom. The van der Waals surface area contributed by atoms with Gasteiger partial charge in [-0.05, 0) is 37.4 Å². The SMILES string of the molecule is CN(CCC(F)(F)F)CC(=O)Nc1cccc(S(=O)(=O)N(C)c2ccccc2)c1. The quantitative estimate of drug-likeness (QED) is 0.699. The summed E-state index contributed by atoms with van der Waals surface area (Å²) in [4.78, 5) is 13.3. The van der Waals surface area contributed by atoms with Gasteiger partial charge in [0.15, 0.2) is 0 Å². The Balaban J connectivity index is 2.06. The molecule has 0 unspecified atom stereocenters. The van der Waals surface area contributed by atoms with E-state index in [1.165, 1.54) is 43.3 Å². The summed E-state index contributed by atoms with van der Waals surface area (Å²) >= 11 is 0. The summed E-state index contributed by atoms with van der Waals surface area (Å²) in [6.45, 7) is -0.565. The van der Waals surface area contributed by atoms with E-state index in [4.69, 9.17) is 0 Å². The fraction of sp³-hybridized carbons (Fsp3) is 0.316. The minimum Gasteiger partial charge on any atom is -0.325 e. The lowest BCUT2D eigenvalue weighted by atomic mass is 10.3. The molecule has 6 nitrogen and oxygen atoms in total. The normalized spacial score (nSPS) is 12.1. The van der Waals surface area contributed by atoms with E-state index in [0.29, 0.717) is 5.69 Å². The number of anilines is 2. The Kier molecular flexibility index (Phi) is 7.26. The first-order valence-corrected chi connectivity index (χ1v) is 10.1. The van der Waals surface area contributed by atoms with E-state index in [1.54, 1.807) is 30.3 Å². The molecule has 0 saturated heterocycles. The number of benzene rings is 2. The van der Waals surface area contributed by atoms with Gasteiger partial charge in [-0.15, -0.1) is 0 Å². The number of hydrogen-bond acceptors (Lipinski definition) is 4. The van der Waals surface area contributed by atoms with E-state index in [1.807, 2.05) is 0 Å². The fourth-order valence-corrected chi connectivity index (χ4v) is 3.75. The summed E-state index contributed by atoms with van der Waals surface area (Å²) in [7, 11) is -1.03.